The fourth-order valence-electron chi connectivity index (χ4n) is 2.96. The van der Waals surface area contributed by atoms with Gasteiger partial charge >= 0.3 is 0 Å². The highest BCUT2D eigenvalue weighted by atomic mass is 32.1. The number of nitrogens with one attached hydrogen (secondary N) is 2. The zero-order chi connectivity index (χ0) is 17.3. The van der Waals surface area contributed by atoms with Gasteiger partial charge in [-0.2, -0.15) is 11.3 Å². The molecule has 3 rings (SSSR count). The molecule has 1 fully saturated rings. The monoisotopic (exact) mass is 358 g/mol. The molecule has 5 nitrogen and oxygen atoms in total. The Morgan fingerprint density at radius 2 is 2.00 bits per heavy atom. The van der Waals surface area contributed by atoms with Crippen molar-refractivity contribution in [2.24, 2.45) is 4.99 Å². The molecule has 1 aliphatic carbocycles. The summed E-state index contributed by atoms with van der Waals surface area (Å²) in [6, 6.07) is 6.14. The van der Waals surface area contributed by atoms with Crippen molar-refractivity contribution < 1.29 is 4.74 Å². The Labute approximate surface area is 153 Å². The van der Waals surface area contributed by atoms with E-state index in [0.29, 0.717) is 12.6 Å². The molecule has 1 saturated carbocycles. The number of rotatable bonds is 6. The lowest BCUT2D eigenvalue weighted by atomic mass is 9.98. The number of nitrogens with zero attached hydrogens (tertiary/aromatic N) is 2. The Balaban J connectivity index is 1.48. The third-order valence-corrected chi connectivity index (χ3v) is 5.09. The van der Waals surface area contributed by atoms with Crippen molar-refractivity contribution in [2.75, 3.05) is 7.05 Å². The Morgan fingerprint density at radius 1 is 1.20 bits per heavy atom. The molecular weight excluding hydrogens is 332 g/mol. The first-order chi connectivity index (χ1) is 12.3. The van der Waals surface area contributed by atoms with Crippen molar-refractivity contribution in [3.63, 3.8) is 0 Å². The maximum Gasteiger partial charge on any atom is 0.213 e. The summed E-state index contributed by atoms with van der Waals surface area (Å²) in [5.41, 5.74) is 2.40. The van der Waals surface area contributed by atoms with Gasteiger partial charge < -0.3 is 15.4 Å². The summed E-state index contributed by atoms with van der Waals surface area (Å²) in [5.74, 6) is 1.52. The van der Waals surface area contributed by atoms with Gasteiger partial charge in [0.2, 0.25) is 5.88 Å². The van der Waals surface area contributed by atoms with E-state index in [4.69, 9.17) is 4.74 Å². The van der Waals surface area contributed by atoms with Gasteiger partial charge in [0.1, 0.15) is 6.10 Å². The van der Waals surface area contributed by atoms with Gasteiger partial charge in [-0.1, -0.05) is 6.42 Å². The van der Waals surface area contributed by atoms with Gasteiger partial charge in [0.25, 0.3) is 0 Å². The van der Waals surface area contributed by atoms with E-state index in [0.717, 1.165) is 36.8 Å². The summed E-state index contributed by atoms with van der Waals surface area (Å²) in [6.45, 7) is 1.46. The predicted octanol–water partition coefficient (Wildman–Crippen LogP) is 3.72. The third-order valence-electron chi connectivity index (χ3n) is 4.36. The summed E-state index contributed by atoms with van der Waals surface area (Å²) in [5, 5.41) is 10.9. The molecule has 0 spiro atoms. The molecule has 6 heteroatoms. The molecule has 0 radical (unpaired) electrons. The summed E-state index contributed by atoms with van der Waals surface area (Å²) in [4.78, 5) is 8.63. The van der Waals surface area contributed by atoms with Crippen LogP contribution < -0.4 is 15.4 Å². The van der Waals surface area contributed by atoms with E-state index in [-0.39, 0.29) is 0 Å². The van der Waals surface area contributed by atoms with E-state index >= 15 is 0 Å². The van der Waals surface area contributed by atoms with E-state index in [1.54, 1.807) is 18.4 Å². The maximum absolute atomic E-state index is 6.04. The summed E-state index contributed by atoms with van der Waals surface area (Å²) in [7, 11) is 1.78. The molecule has 2 N–H and O–H groups in total. The van der Waals surface area contributed by atoms with Crippen molar-refractivity contribution in [1.29, 1.82) is 0 Å². The summed E-state index contributed by atoms with van der Waals surface area (Å²) in [6.07, 6.45) is 8.28. The highest BCUT2D eigenvalue weighted by Crippen LogP contribution is 2.22. The molecule has 0 unspecified atom stereocenters. The van der Waals surface area contributed by atoms with Crippen LogP contribution in [-0.2, 0) is 13.1 Å². The van der Waals surface area contributed by atoms with Crippen LogP contribution in [-0.4, -0.2) is 24.1 Å². The van der Waals surface area contributed by atoms with Gasteiger partial charge in [-0.3, -0.25) is 4.99 Å². The minimum atomic E-state index is 0.324. The van der Waals surface area contributed by atoms with E-state index in [9.17, 15) is 0 Å². The SMILES string of the molecule is CN=C(NCc1ccsc1)NCc1ccnc(OC2CCCCC2)c1. The lowest BCUT2D eigenvalue weighted by Crippen LogP contribution is -2.36. The van der Waals surface area contributed by atoms with E-state index in [1.807, 2.05) is 18.3 Å². The molecule has 2 aromatic heterocycles. The number of thiophene rings is 1. The molecule has 0 bridgehead atoms. The van der Waals surface area contributed by atoms with Crippen LogP contribution in [0.3, 0.4) is 0 Å². The number of guanidine groups is 1. The lowest BCUT2D eigenvalue weighted by molar-refractivity contribution is 0.148. The van der Waals surface area contributed by atoms with Crippen LogP contribution in [0.15, 0.2) is 40.1 Å². The van der Waals surface area contributed by atoms with Crippen LogP contribution in [0.1, 0.15) is 43.2 Å². The van der Waals surface area contributed by atoms with E-state index in [2.05, 4.69) is 37.4 Å². The summed E-state index contributed by atoms with van der Waals surface area (Å²) < 4.78 is 6.04. The minimum absolute atomic E-state index is 0.324. The van der Waals surface area contributed by atoms with Crippen molar-refractivity contribution >= 4 is 17.3 Å². The average Bonchev–Trinajstić information content (AvgIpc) is 3.17. The highest BCUT2D eigenvalue weighted by Gasteiger charge is 2.15. The number of hydrogen-bond acceptors (Lipinski definition) is 4. The molecule has 0 amide bonds. The zero-order valence-electron chi connectivity index (χ0n) is 14.7. The zero-order valence-corrected chi connectivity index (χ0v) is 15.5. The van der Waals surface area contributed by atoms with Gasteiger partial charge in [-0.25, -0.2) is 4.98 Å². The molecule has 0 atom stereocenters. The molecule has 25 heavy (non-hydrogen) atoms. The van der Waals surface area contributed by atoms with Crippen LogP contribution in [0.2, 0.25) is 0 Å². The molecule has 0 aromatic carbocycles. The first kappa shape index (κ1) is 17.7. The third kappa shape index (κ3) is 5.74. The number of ether oxygens (including phenoxy) is 1. The number of aromatic nitrogens is 1. The summed E-state index contributed by atoms with van der Waals surface area (Å²) >= 11 is 1.70. The van der Waals surface area contributed by atoms with Gasteiger partial charge in [0.15, 0.2) is 5.96 Å². The highest BCUT2D eigenvalue weighted by molar-refractivity contribution is 7.07. The number of pyridine rings is 1. The standard InChI is InChI=1S/C19H26N4OS/c1-20-19(23-13-16-8-10-25-14-16)22-12-15-7-9-21-18(11-15)24-17-5-3-2-4-6-17/h7-11,14,17H,2-6,12-13H2,1H3,(H2,20,22,23). The lowest BCUT2D eigenvalue weighted by Gasteiger charge is -2.22. The first-order valence-electron chi connectivity index (χ1n) is 8.90. The Bertz CT molecular complexity index is 666. The van der Waals surface area contributed by atoms with E-state index < -0.39 is 0 Å². The second-order valence-corrected chi connectivity index (χ2v) is 7.07. The second kappa shape index (κ2) is 9.42. The Hall–Kier alpha value is -2.08. The van der Waals surface area contributed by atoms with Gasteiger partial charge in [0, 0.05) is 32.4 Å². The molecule has 1 aliphatic rings. The van der Waals surface area contributed by atoms with Crippen LogP contribution in [0.4, 0.5) is 0 Å². The van der Waals surface area contributed by atoms with Gasteiger partial charge in [-0.05, 0) is 59.7 Å². The van der Waals surface area contributed by atoms with Crippen LogP contribution >= 0.6 is 11.3 Å². The van der Waals surface area contributed by atoms with E-state index in [1.165, 1.54) is 24.8 Å². The smallest absolute Gasteiger partial charge is 0.213 e. The Morgan fingerprint density at radius 3 is 2.72 bits per heavy atom. The number of aliphatic imine (C=N–C) groups is 1. The fourth-order valence-corrected chi connectivity index (χ4v) is 3.63. The van der Waals surface area contributed by atoms with Crippen LogP contribution in [0, 0.1) is 0 Å². The largest absolute Gasteiger partial charge is 0.474 e. The topological polar surface area (TPSA) is 58.5 Å². The van der Waals surface area contributed by atoms with Crippen molar-refractivity contribution in [1.82, 2.24) is 15.6 Å². The average molecular weight is 359 g/mol. The van der Waals surface area contributed by atoms with Gasteiger partial charge in [0.05, 0.1) is 0 Å². The minimum Gasteiger partial charge on any atom is -0.474 e. The Kier molecular flexibility index (Phi) is 6.68. The van der Waals surface area contributed by atoms with Gasteiger partial charge in [-0.15, -0.1) is 0 Å². The molecule has 134 valence electrons. The van der Waals surface area contributed by atoms with Crippen molar-refractivity contribution in [3.05, 3.63) is 46.3 Å². The number of hydrogen-bond donors (Lipinski definition) is 2. The molecule has 0 aliphatic heterocycles. The van der Waals surface area contributed by atoms with Crippen LogP contribution in [0.5, 0.6) is 5.88 Å². The quantitative estimate of drug-likeness (QED) is 0.610. The molecule has 0 saturated heterocycles. The van der Waals surface area contributed by atoms with Crippen molar-refractivity contribution in [2.45, 2.75) is 51.3 Å². The molecule has 2 heterocycles. The normalized spacial score (nSPS) is 15.8. The molecule has 2 aromatic rings. The predicted molar refractivity (Wildman–Crippen MR) is 103 cm³/mol. The van der Waals surface area contributed by atoms with Crippen molar-refractivity contribution in [3.8, 4) is 5.88 Å². The fraction of sp³-hybridized carbons (Fsp3) is 0.474. The molecular formula is C19H26N4OS. The van der Waals surface area contributed by atoms with Crippen LogP contribution in [0.25, 0.3) is 0 Å². The second-order valence-electron chi connectivity index (χ2n) is 6.29. The first-order valence-corrected chi connectivity index (χ1v) is 9.85. The maximum atomic E-state index is 6.04.